The molecule has 3 nitrogen and oxygen atoms in total. The zero-order valence-corrected chi connectivity index (χ0v) is 11.8. The number of fused-ring (bicyclic) bond motifs is 2. The Kier molecular flexibility index (Phi) is 2.42. The van der Waals surface area contributed by atoms with E-state index in [0.29, 0.717) is 6.04 Å². The molecule has 1 aromatic carbocycles. The van der Waals surface area contributed by atoms with Gasteiger partial charge in [-0.3, -0.25) is 9.69 Å². The van der Waals surface area contributed by atoms with Gasteiger partial charge in [0.05, 0.1) is 11.6 Å². The Morgan fingerprint density at radius 3 is 2.90 bits per heavy atom. The van der Waals surface area contributed by atoms with E-state index in [2.05, 4.69) is 53.1 Å². The summed E-state index contributed by atoms with van der Waals surface area (Å²) in [7, 11) is 2.13. The number of likely N-dealkylation sites (N-methyl/N-ethyl adjacent to an activating group) is 1. The molecule has 102 valence electrons. The van der Waals surface area contributed by atoms with E-state index in [9.17, 15) is 4.79 Å². The summed E-state index contributed by atoms with van der Waals surface area (Å²) in [5, 5.41) is 1.29. The highest BCUT2D eigenvalue weighted by molar-refractivity contribution is 5.96. The van der Waals surface area contributed by atoms with Crippen LogP contribution in [0.3, 0.4) is 0 Å². The number of para-hydroxylation sites is 1. The standard InChI is InChI=1S/C17H18N2O/c1-11(20)13-8-15-14-5-3-4-12-6-7-19(17(12)14)10-16(15)18(2)9-13/h3-8,13,16H,9-10H2,1-2H3/t13-,16-/m0/s1. The second-order valence-electron chi connectivity index (χ2n) is 6.01. The van der Waals surface area contributed by atoms with Crippen molar-refractivity contribution in [3.8, 4) is 0 Å². The lowest BCUT2D eigenvalue weighted by Gasteiger charge is -2.40. The van der Waals surface area contributed by atoms with Crippen LogP contribution in [0.5, 0.6) is 0 Å². The number of benzene rings is 1. The third-order valence-corrected chi connectivity index (χ3v) is 4.75. The minimum atomic E-state index is 0.0306. The quantitative estimate of drug-likeness (QED) is 0.792. The zero-order valence-electron chi connectivity index (χ0n) is 11.8. The minimum Gasteiger partial charge on any atom is -0.345 e. The molecular weight excluding hydrogens is 248 g/mol. The molecule has 1 aromatic heterocycles. The van der Waals surface area contributed by atoms with E-state index >= 15 is 0 Å². The summed E-state index contributed by atoms with van der Waals surface area (Å²) in [5.41, 5.74) is 3.94. The third kappa shape index (κ3) is 1.53. The van der Waals surface area contributed by atoms with Gasteiger partial charge in [-0.2, -0.15) is 0 Å². The molecule has 0 N–H and O–H groups in total. The van der Waals surface area contributed by atoms with Gasteiger partial charge in [-0.25, -0.2) is 0 Å². The zero-order chi connectivity index (χ0) is 13.9. The molecule has 2 aromatic rings. The van der Waals surface area contributed by atoms with Gasteiger partial charge in [0.1, 0.15) is 5.78 Å². The van der Waals surface area contributed by atoms with Gasteiger partial charge in [-0.15, -0.1) is 0 Å². The van der Waals surface area contributed by atoms with Gasteiger partial charge in [0, 0.05) is 36.2 Å². The van der Waals surface area contributed by atoms with Crippen LogP contribution >= 0.6 is 0 Å². The largest absolute Gasteiger partial charge is 0.345 e. The van der Waals surface area contributed by atoms with Crippen molar-refractivity contribution < 1.29 is 4.79 Å². The maximum atomic E-state index is 11.8. The van der Waals surface area contributed by atoms with Crippen molar-refractivity contribution >= 4 is 22.3 Å². The predicted molar refractivity (Wildman–Crippen MR) is 80.5 cm³/mol. The molecular formula is C17H18N2O. The average Bonchev–Trinajstić information content (AvgIpc) is 2.84. The van der Waals surface area contributed by atoms with Crippen LogP contribution in [-0.4, -0.2) is 34.9 Å². The Morgan fingerprint density at radius 1 is 1.25 bits per heavy atom. The van der Waals surface area contributed by atoms with Crippen LogP contribution in [0.4, 0.5) is 0 Å². The molecule has 20 heavy (non-hydrogen) atoms. The number of rotatable bonds is 1. The average molecular weight is 266 g/mol. The van der Waals surface area contributed by atoms with Crippen LogP contribution in [0.1, 0.15) is 12.5 Å². The van der Waals surface area contributed by atoms with E-state index in [0.717, 1.165) is 13.1 Å². The molecule has 0 bridgehead atoms. The van der Waals surface area contributed by atoms with Crippen molar-refractivity contribution in [2.24, 2.45) is 5.92 Å². The molecule has 2 aliphatic heterocycles. The van der Waals surface area contributed by atoms with Crippen molar-refractivity contribution in [3.05, 3.63) is 42.1 Å². The molecule has 4 rings (SSSR count). The van der Waals surface area contributed by atoms with Gasteiger partial charge in [0.25, 0.3) is 0 Å². The predicted octanol–water partition coefficient (Wildman–Crippen LogP) is 2.56. The first kappa shape index (κ1) is 11.9. The second kappa shape index (κ2) is 4.06. The summed E-state index contributed by atoms with van der Waals surface area (Å²) in [6, 6.07) is 9.02. The third-order valence-electron chi connectivity index (χ3n) is 4.75. The molecule has 3 heterocycles. The first-order valence-electron chi connectivity index (χ1n) is 7.16. The number of carbonyl (C=O) groups is 1. The van der Waals surface area contributed by atoms with Crippen LogP contribution in [0.2, 0.25) is 0 Å². The lowest BCUT2D eigenvalue weighted by Crippen LogP contribution is -2.45. The SMILES string of the molecule is CC(=O)[C@H]1C=C2c3cccc4ccn(c34)C[C@@H]2N(C)C1. The van der Waals surface area contributed by atoms with Crippen LogP contribution in [-0.2, 0) is 11.3 Å². The Labute approximate surface area is 118 Å². The summed E-state index contributed by atoms with van der Waals surface area (Å²) >= 11 is 0. The van der Waals surface area contributed by atoms with Crippen molar-refractivity contribution in [2.75, 3.05) is 13.6 Å². The van der Waals surface area contributed by atoms with Gasteiger partial charge < -0.3 is 4.57 Å². The Bertz CT molecular complexity index is 741. The van der Waals surface area contributed by atoms with Gasteiger partial charge in [0.15, 0.2) is 0 Å². The Hall–Kier alpha value is -1.87. The maximum absolute atomic E-state index is 11.8. The van der Waals surface area contributed by atoms with E-state index in [-0.39, 0.29) is 11.7 Å². The molecule has 0 aliphatic carbocycles. The van der Waals surface area contributed by atoms with Crippen molar-refractivity contribution in [1.29, 1.82) is 0 Å². The van der Waals surface area contributed by atoms with Gasteiger partial charge in [0.2, 0.25) is 0 Å². The fourth-order valence-corrected chi connectivity index (χ4v) is 3.64. The maximum Gasteiger partial charge on any atom is 0.137 e. The van der Waals surface area contributed by atoms with Gasteiger partial charge in [-0.05, 0) is 25.6 Å². The lowest BCUT2D eigenvalue weighted by molar-refractivity contribution is -0.120. The fourth-order valence-electron chi connectivity index (χ4n) is 3.64. The number of nitrogens with zero attached hydrogens (tertiary/aromatic N) is 2. The van der Waals surface area contributed by atoms with Crippen LogP contribution < -0.4 is 0 Å². The molecule has 3 heteroatoms. The number of aromatic nitrogens is 1. The van der Waals surface area contributed by atoms with Crippen molar-refractivity contribution in [2.45, 2.75) is 19.5 Å². The monoisotopic (exact) mass is 266 g/mol. The first-order chi connectivity index (χ1) is 9.65. The van der Waals surface area contributed by atoms with E-state index in [4.69, 9.17) is 0 Å². The smallest absolute Gasteiger partial charge is 0.137 e. The number of Topliss-reactive ketones (excluding diaryl/α,β-unsaturated/α-hetero) is 1. The molecule has 0 radical (unpaired) electrons. The van der Waals surface area contributed by atoms with E-state index in [1.807, 2.05) is 0 Å². The molecule has 0 unspecified atom stereocenters. The molecule has 0 spiro atoms. The number of ketones is 1. The second-order valence-corrected chi connectivity index (χ2v) is 6.01. The summed E-state index contributed by atoms with van der Waals surface area (Å²) in [6.45, 7) is 3.51. The summed E-state index contributed by atoms with van der Waals surface area (Å²) in [5.74, 6) is 0.291. The molecule has 0 amide bonds. The number of hydrogen-bond donors (Lipinski definition) is 0. The fraction of sp³-hybridized carbons (Fsp3) is 0.353. The van der Waals surface area contributed by atoms with Gasteiger partial charge >= 0.3 is 0 Å². The van der Waals surface area contributed by atoms with E-state index in [1.54, 1.807) is 6.92 Å². The highest BCUT2D eigenvalue weighted by Gasteiger charge is 2.34. The summed E-state index contributed by atoms with van der Waals surface area (Å²) < 4.78 is 2.34. The van der Waals surface area contributed by atoms with E-state index in [1.165, 1.54) is 22.0 Å². The van der Waals surface area contributed by atoms with E-state index < -0.39 is 0 Å². The lowest BCUT2D eigenvalue weighted by atomic mass is 9.85. The molecule has 2 atom stereocenters. The first-order valence-corrected chi connectivity index (χ1v) is 7.16. The van der Waals surface area contributed by atoms with Crippen LogP contribution in [0, 0.1) is 5.92 Å². The van der Waals surface area contributed by atoms with Gasteiger partial charge in [-0.1, -0.05) is 24.3 Å². The highest BCUT2D eigenvalue weighted by atomic mass is 16.1. The Balaban J connectivity index is 1.96. The molecule has 0 fully saturated rings. The number of hydrogen-bond acceptors (Lipinski definition) is 2. The van der Waals surface area contributed by atoms with Crippen molar-refractivity contribution in [1.82, 2.24) is 9.47 Å². The molecule has 0 saturated carbocycles. The van der Waals surface area contributed by atoms with Crippen molar-refractivity contribution in [3.63, 3.8) is 0 Å². The molecule has 0 saturated heterocycles. The molecule has 2 aliphatic rings. The number of carbonyl (C=O) groups excluding carboxylic acids is 1. The highest BCUT2D eigenvalue weighted by Crippen LogP contribution is 2.38. The summed E-state index contributed by atoms with van der Waals surface area (Å²) in [4.78, 5) is 14.1. The Morgan fingerprint density at radius 2 is 2.10 bits per heavy atom. The normalized spacial score (nSPS) is 25.4. The van der Waals surface area contributed by atoms with Crippen LogP contribution in [0.15, 0.2) is 36.5 Å². The topological polar surface area (TPSA) is 25.2 Å². The summed E-state index contributed by atoms with van der Waals surface area (Å²) in [6.07, 6.45) is 4.38. The minimum absolute atomic E-state index is 0.0306. The van der Waals surface area contributed by atoms with Crippen LogP contribution in [0.25, 0.3) is 16.5 Å².